The molecule has 0 unspecified atom stereocenters. The lowest BCUT2D eigenvalue weighted by molar-refractivity contribution is 1.03. The van der Waals surface area contributed by atoms with Crippen LogP contribution in [0.4, 0.5) is 0 Å². The Morgan fingerprint density at radius 3 is 2.67 bits per heavy atom. The molecule has 0 atom stereocenters. The molecule has 0 aromatic carbocycles. The van der Waals surface area contributed by atoms with Crippen LogP contribution in [0.1, 0.15) is 11.4 Å². The molecule has 0 spiro atoms. The average Bonchev–Trinajstić information content (AvgIpc) is 2.16. The van der Waals surface area contributed by atoms with Crippen molar-refractivity contribution in [3.63, 3.8) is 0 Å². The summed E-state index contributed by atoms with van der Waals surface area (Å²) < 4.78 is 0.799. The summed E-state index contributed by atoms with van der Waals surface area (Å²) in [6.45, 7) is 3.92. The standard InChI is InChI=1S/C11H10BrN3/c1-7-3-4-13-6-9(7)10-5-11(12)15-8(2)14-10/h3-6H,1-2H3. The zero-order valence-corrected chi connectivity index (χ0v) is 10.1. The van der Waals surface area contributed by atoms with Crippen molar-refractivity contribution in [3.05, 3.63) is 40.5 Å². The third kappa shape index (κ3) is 2.21. The van der Waals surface area contributed by atoms with Gasteiger partial charge in [-0.05, 0) is 47.5 Å². The lowest BCUT2D eigenvalue weighted by Crippen LogP contribution is -1.93. The van der Waals surface area contributed by atoms with Gasteiger partial charge < -0.3 is 0 Å². The van der Waals surface area contributed by atoms with E-state index in [1.54, 1.807) is 6.20 Å². The molecule has 0 aliphatic rings. The van der Waals surface area contributed by atoms with Crippen molar-refractivity contribution in [2.45, 2.75) is 13.8 Å². The van der Waals surface area contributed by atoms with Gasteiger partial charge in [-0.2, -0.15) is 0 Å². The maximum absolute atomic E-state index is 4.38. The van der Waals surface area contributed by atoms with Gasteiger partial charge in [0.15, 0.2) is 0 Å². The Kier molecular flexibility index (Phi) is 2.77. The van der Waals surface area contributed by atoms with Crippen LogP contribution in [0, 0.1) is 13.8 Å². The van der Waals surface area contributed by atoms with Gasteiger partial charge in [-0.1, -0.05) is 0 Å². The summed E-state index contributed by atoms with van der Waals surface area (Å²) in [6.07, 6.45) is 3.60. The fourth-order valence-electron chi connectivity index (χ4n) is 1.40. The number of rotatable bonds is 1. The zero-order valence-electron chi connectivity index (χ0n) is 8.53. The van der Waals surface area contributed by atoms with Crippen molar-refractivity contribution >= 4 is 15.9 Å². The third-order valence-corrected chi connectivity index (χ3v) is 2.53. The van der Waals surface area contributed by atoms with E-state index in [2.05, 4.69) is 30.9 Å². The van der Waals surface area contributed by atoms with Crippen molar-refractivity contribution in [1.29, 1.82) is 0 Å². The second-order valence-electron chi connectivity index (χ2n) is 3.31. The predicted octanol–water partition coefficient (Wildman–Crippen LogP) is 2.92. The summed E-state index contributed by atoms with van der Waals surface area (Å²) in [5.74, 6) is 0.752. The van der Waals surface area contributed by atoms with Gasteiger partial charge in [0.2, 0.25) is 0 Å². The molecule has 2 aromatic rings. The minimum Gasteiger partial charge on any atom is -0.264 e. The van der Waals surface area contributed by atoms with Crippen LogP contribution < -0.4 is 0 Å². The van der Waals surface area contributed by atoms with Crippen LogP contribution in [0.3, 0.4) is 0 Å². The second kappa shape index (κ2) is 4.06. The van der Waals surface area contributed by atoms with E-state index in [0.29, 0.717) is 0 Å². The van der Waals surface area contributed by atoms with E-state index in [1.165, 1.54) is 0 Å². The number of pyridine rings is 1. The molecule has 0 N–H and O–H groups in total. The average molecular weight is 264 g/mol. The van der Waals surface area contributed by atoms with E-state index in [9.17, 15) is 0 Å². The van der Waals surface area contributed by atoms with Crippen molar-refractivity contribution < 1.29 is 0 Å². The first-order valence-electron chi connectivity index (χ1n) is 4.59. The van der Waals surface area contributed by atoms with Crippen LogP contribution in [0.25, 0.3) is 11.3 Å². The number of hydrogen-bond acceptors (Lipinski definition) is 3. The number of aryl methyl sites for hydroxylation is 2. The van der Waals surface area contributed by atoms with E-state index >= 15 is 0 Å². The third-order valence-electron chi connectivity index (χ3n) is 2.12. The number of nitrogens with zero attached hydrogens (tertiary/aromatic N) is 3. The molecule has 2 heterocycles. The second-order valence-corrected chi connectivity index (χ2v) is 4.13. The van der Waals surface area contributed by atoms with Gasteiger partial charge in [0, 0.05) is 18.0 Å². The van der Waals surface area contributed by atoms with Crippen LogP contribution in [0.15, 0.2) is 29.1 Å². The van der Waals surface area contributed by atoms with Crippen LogP contribution in [-0.2, 0) is 0 Å². The van der Waals surface area contributed by atoms with Gasteiger partial charge >= 0.3 is 0 Å². The summed E-state index contributed by atoms with van der Waals surface area (Å²) in [7, 11) is 0. The molecular formula is C11H10BrN3. The molecule has 0 radical (unpaired) electrons. The normalized spacial score (nSPS) is 10.3. The molecule has 15 heavy (non-hydrogen) atoms. The fourth-order valence-corrected chi connectivity index (χ4v) is 1.87. The molecule has 0 aliphatic heterocycles. The van der Waals surface area contributed by atoms with Gasteiger partial charge in [-0.25, -0.2) is 9.97 Å². The minimum absolute atomic E-state index is 0.752. The topological polar surface area (TPSA) is 38.7 Å². The zero-order chi connectivity index (χ0) is 10.8. The quantitative estimate of drug-likeness (QED) is 0.743. The van der Waals surface area contributed by atoms with Crippen LogP contribution in [0.2, 0.25) is 0 Å². The molecule has 2 rings (SSSR count). The first-order chi connectivity index (χ1) is 7.16. The highest BCUT2D eigenvalue weighted by Crippen LogP contribution is 2.22. The molecular weight excluding hydrogens is 254 g/mol. The molecule has 0 bridgehead atoms. The van der Waals surface area contributed by atoms with Crippen molar-refractivity contribution in [1.82, 2.24) is 15.0 Å². The summed E-state index contributed by atoms with van der Waals surface area (Å²) in [4.78, 5) is 12.7. The van der Waals surface area contributed by atoms with Gasteiger partial charge in [-0.15, -0.1) is 0 Å². The lowest BCUT2D eigenvalue weighted by Gasteiger charge is -2.05. The Labute approximate surface area is 96.7 Å². The Hall–Kier alpha value is -1.29. The van der Waals surface area contributed by atoms with Gasteiger partial charge in [0.05, 0.1) is 5.69 Å². The first kappa shape index (κ1) is 10.2. The largest absolute Gasteiger partial charge is 0.264 e. The predicted molar refractivity (Wildman–Crippen MR) is 62.4 cm³/mol. The van der Waals surface area contributed by atoms with Crippen molar-refractivity contribution in [2.24, 2.45) is 0 Å². The highest BCUT2D eigenvalue weighted by molar-refractivity contribution is 9.10. The summed E-state index contributed by atoms with van der Waals surface area (Å²) >= 11 is 3.36. The number of hydrogen-bond donors (Lipinski definition) is 0. The van der Waals surface area contributed by atoms with E-state index in [1.807, 2.05) is 32.2 Å². The molecule has 0 saturated carbocycles. The monoisotopic (exact) mass is 263 g/mol. The molecule has 3 nitrogen and oxygen atoms in total. The Morgan fingerprint density at radius 1 is 1.20 bits per heavy atom. The molecule has 0 saturated heterocycles. The Bertz CT molecular complexity index is 477. The van der Waals surface area contributed by atoms with Crippen molar-refractivity contribution in [3.8, 4) is 11.3 Å². The maximum Gasteiger partial charge on any atom is 0.127 e. The summed E-state index contributed by atoms with van der Waals surface area (Å²) in [5.41, 5.74) is 3.11. The molecule has 0 fully saturated rings. The number of halogens is 1. The fraction of sp³-hybridized carbons (Fsp3) is 0.182. The first-order valence-corrected chi connectivity index (χ1v) is 5.38. The smallest absolute Gasteiger partial charge is 0.127 e. The number of aromatic nitrogens is 3. The molecule has 0 amide bonds. The van der Waals surface area contributed by atoms with Crippen LogP contribution in [-0.4, -0.2) is 15.0 Å². The molecule has 2 aromatic heterocycles. The highest BCUT2D eigenvalue weighted by Gasteiger charge is 2.05. The Balaban J connectivity index is 2.59. The van der Waals surface area contributed by atoms with Crippen LogP contribution >= 0.6 is 15.9 Å². The Morgan fingerprint density at radius 2 is 2.00 bits per heavy atom. The van der Waals surface area contributed by atoms with E-state index < -0.39 is 0 Å². The highest BCUT2D eigenvalue weighted by atomic mass is 79.9. The summed E-state index contributed by atoms with van der Waals surface area (Å²) in [5, 5.41) is 0. The van der Waals surface area contributed by atoms with Gasteiger partial charge in [0.1, 0.15) is 10.4 Å². The molecule has 76 valence electrons. The van der Waals surface area contributed by atoms with E-state index in [4.69, 9.17) is 0 Å². The van der Waals surface area contributed by atoms with Gasteiger partial charge in [-0.3, -0.25) is 4.98 Å². The SMILES string of the molecule is Cc1nc(Br)cc(-c2cnccc2C)n1. The van der Waals surface area contributed by atoms with Crippen molar-refractivity contribution in [2.75, 3.05) is 0 Å². The summed E-state index contributed by atoms with van der Waals surface area (Å²) in [6, 6.07) is 3.87. The lowest BCUT2D eigenvalue weighted by atomic mass is 10.1. The van der Waals surface area contributed by atoms with E-state index in [0.717, 1.165) is 27.2 Å². The maximum atomic E-state index is 4.38. The van der Waals surface area contributed by atoms with E-state index in [-0.39, 0.29) is 0 Å². The molecule has 4 heteroatoms. The van der Waals surface area contributed by atoms with Crippen LogP contribution in [0.5, 0.6) is 0 Å². The van der Waals surface area contributed by atoms with Gasteiger partial charge in [0.25, 0.3) is 0 Å². The minimum atomic E-state index is 0.752. The molecule has 0 aliphatic carbocycles.